The zero-order chi connectivity index (χ0) is 52.3. The first-order valence-electron chi connectivity index (χ1n) is 26.9. The number of aromatic nitrogens is 2. The monoisotopic (exact) mass is 960 g/mol. The van der Waals surface area contributed by atoms with Crippen molar-refractivity contribution < 1.29 is 0 Å². The second-order valence-electron chi connectivity index (χ2n) is 20.0. The van der Waals surface area contributed by atoms with Gasteiger partial charge in [-0.2, -0.15) is 0 Å². The Morgan fingerprint density at radius 1 is 0.370 bits per heavy atom. The number of anilines is 3. The maximum atomic E-state index is 2.51. The van der Waals surface area contributed by atoms with Crippen molar-refractivity contribution in [1.82, 2.24) is 9.13 Å². The van der Waals surface area contributed by atoms with E-state index in [0.717, 1.165) is 13.1 Å². The van der Waals surface area contributed by atoms with Gasteiger partial charge in [0.2, 0.25) is 0 Å². The van der Waals surface area contributed by atoms with E-state index in [1.54, 1.807) is 0 Å². The lowest BCUT2D eigenvalue weighted by Gasteiger charge is -2.31. The quantitative estimate of drug-likeness (QED) is 0.168. The van der Waals surface area contributed by atoms with Crippen LogP contribution in [0.1, 0.15) is 105 Å². The number of aryl methyl sites for hydroxylation is 9. The van der Waals surface area contributed by atoms with Gasteiger partial charge in [0.15, 0.2) is 0 Å². The molecule has 0 saturated heterocycles. The molecule has 0 saturated carbocycles. The predicted octanol–water partition coefficient (Wildman–Crippen LogP) is 20.5. The van der Waals surface area contributed by atoms with Crippen LogP contribution in [0.2, 0.25) is 0 Å². The van der Waals surface area contributed by atoms with Gasteiger partial charge in [-0.1, -0.05) is 186 Å². The summed E-state index contributed by atoms with van der Waals surface area (Å²) in [6.45, 7) is 34.3. The molecule has 2 heterocycles. The molecule has 11 aromatic rings. The zero-order valence-corrected chi connectivity index (χ0v) is 46.4. The van der Waals surface area contributed by atoms with Crippen molar-refractivity contribution >= 4 is 71.4 Å². The van der Waals surface area contributed by atoms with E-state index < -0.39 is 0 Å². The number of para-hydroxylation sites is 2. The second-order valence-corrected chi connectivity index (χ2v) is 20.0. The number of hydrogen-bond donors (Lipinski definition) is 0. The van der Waals surface area contributed by atoms with Gasteiger partial charge in [-0.3, -0.25) is 0 Å². The fraction of sp³-hybridized carbons (Fsp3) is 0.257. The molecule has 2 aromatic heterocycles. The van der Waals surface area contributed by atoms with Crippen molar-refractivity contribution in [1.29, 1.82) is 0 Å². The van der Waals surface area contributed by atoms with Crippen LogP contribution in [-0.4, -0.2) is 9.13 Å². The van der Waals surface area contributed by atoms with Gasteiger partial charge in [0, 0.05) is 73.4 Å². The summed E-state index contributed by atoms with van der Waals surface area (Å²) in [6.07, 6.45) is 0. The number of fused-ring (bicyclic) bond motifs is 11. The molecule has 0 atom stereocenters. The third-order valence-corrected chi connectivity index (χ3v) is 14.9. The van der Waals surface area contributed by atoms with E-state index in [1.165, 1.54) is 133 Å². The highest BCUT2D eigenvalue weighted by molar-refractivity contribution is 6.12. The molecule has 0 amide bonds. The molecule has 0 fully saturated rings. The summed E-state index contributed by atoms with van der Waals surface area (Å²) >= 11 is 0. The fourth-order valence-electron chi connectivity index (χ4n) is 11.2. The second kappa shape index (κ2) is 21.8. The molecule has 0 aliphatic heterocycles. The lowest BCUT2D eigenvalue weighted by Crippen LogP contribution is -2.17. The van der Waals surface area contributed by atoms with Crippen molar-refractivity contribution in [3.63, 3.8) is 0 Å². The Labute approximate surface area is 436 Å². The molecule has 1 aliphatic carbocycles. The average molecular weight is 960 g/mol. The summed E-state index contributed by atoms with van der Waals surface area (Å²) in [7, 11) is 0. The Bertz CT molecular complexity index is 3760. The van der Waals surface area contributed by atoms with E-state index in [-0.39, 0.29) is 5.41 Å². The van der Waals surface area contributed by atoms with Crippen molar-refractivity contribution in [2.24, 2.45) is 0 Å². The van der Waals surface area contributed by atoms with Gasteiger partial charge >= 0.3 is 0 Å². The molecule has 0 unspecified atom stereocenters. The highest BCUT2D eigenvalue weighted by Crippen LogP contribution is 2.55. The number of hydrogen-bond acceptors (Lipinski definition) is 1. The van der Waals surface area contributed by atoms with E-state index in [0.29, 0.717) is 0 Å². The molecule has 0 bridgehead atoms. The number of rotatable bonds is 5. The highest BCUT2D eigenvalue weighted by Gasteiger charge is 2.38. The van der Waals surface area contributed by atoms with Crippen LogP contribution in [0, 0.1) is 48.5 Å². The van der Waals surface area contributed by atoms with Crippen LogP contribution in [0.4, 0.5) is 17.1 Å². The van der Waals surface area contributed by atoms with Gasteiger partial charge in [0.1, 0.15) is 0 Å². The minimum atomic E-state index is -0.109. The molecule has 3 heteroatoms. The molecule has 9 aromatic carbocycles. The van der Waals surface area contributed by atoms with Crippen LogP contribution in [0.3, 0.4) is 0 Å². The van der Waals surface area contributed by atoms with Gasteiger partial charge < -0.3 is 14.0 Å². The van der Waals surface area contributed by atoms with E-state index in [4.69, 9.17) is 0 Å². The standard InChI is InChI=1S/C42H38N2.C15H15N.C9H12.2C2H6/c1-7-43-38-15-11-10-12-30(38)32-20-18-29(24-39(32)43)44(37-21-17-26(2)22-28(37)4)40-25-36-41(33-14-9-8-13-31(33)40)34-19-16-27(3)23-35(34)42(36,5)6;1-3-16-14-7-5-4-6-12(14)13-9-8-11(2)10-15(13)16;1-7-4-5-8(2)9(3)6-7;2*1-2/h8-25H,7H2,1-6H3;4-10H,3H2,1-2H3;4-6H,1-3H3;2*1-2H3. The van der Waals surface area contributed by atoms with Crippen LogP contribution < -0.4 is 4.90 Å². The van der Waals surface area contributed by atoms with Crippen LogP contribution in [0.5, 0.6) is 0 Å². The van der Waals surface area contributed by atoms with Gasteiger partial charge in [-0.15, -0.1) is 0 Å². The molecular formula is C70H77N3. The molecule has 1 aliphatic rings. The lowest BCUT2D eigenvalue weighted by molar-refractivity contribution is 0.660. The molecule has 0 spiro atoms. The molecule has 372 valence electrons. The Hall–Kier alpha value is -7.36. The molecule has 73 heavy (non-hydrogen) atoms. The van der Waals surface area contributed by atoms with Gasteiger partial charge in [-0.25, -0.2) is 0 Å². The number of benzene rings is 9. The fourth-order valence-corrected chi connectivity index (χ4v) is 11.2. The molecule has 0 radical (unpaired) electrons. The van der Waals surface area contributed by atoms with E-state index >= 15 is 0 Å². The summed E-state index contributed by atoms with van der Waals surface area (Å²) in [5.74, 6) is 0. The molecular weight excluding hydrogens is 883 g/mol. The minimum absolute atomic E-state index is 0.109. The summed E-state index contributed by atoms with van der Waals surface area (Å²) in [6, 6.07) is 63.0. The van der Waals surface area contributed by atoms with Gasteiger partial charge in [0.05, 0.1) is 11.2 Å². The Kier molecular flexibility index (Phi) is 15.5. The van der Waals surface area contributed by atoms with Crippen molar-refractivity contribution in [3.8, 4) is 11.1 Å². The first kappa shape index (κ1) is 52.0. The van der Waals surface area contributed by atoms with Crippen LogP contribution >= 0.6 is 0 Å². The summed E-state index contributed by atoms with van der Waals surface area (Å²) in [5.41, 5.74) is 23.6. The molecule has 3 nitrogen and oxygen atoms in total. The Balaban J connectivity index is 0.000000199. The summed E-state index contributed by atoms with van der Waals surface area (Å²) in [5, 5.41) is 7.92. The van der Waals surface area contributed by atoms with E-state index in [2.05, 4.69) is 260 Å². The first-order valence-corrected chi connectivity index (χ1v) is 26.9. The third-order valence-electron chi connectivity index (χ3n) is 14.9. The largest absolute Gasteiger partial charge is 0.341 e. The summed E-state index contributed by atoms with van der Waals surface area (Å²) < 4.78 is 4.84. The Morgan fingerprint density at radius 3 is 1.41 bits per heavy atom. The third kappa shape index (κ3) is 9.59. The lowest BCUT2D eigenvalue weighted by atomic mass is 9.81. The Morgan fingerprint density at radius 2 is 0.836 bits per heavy atom. The smallest absolute Gasteiger partial charge is 0.0543 e. The van der Waals surface area contributed by atoms with Crippen molar-refractivity contribution in [2.75, 3.05) is 4.90 Å². The minimum Gasteiger partial charge on any atom is -0.341 e. The van der Waals surface area contributed by atoms with Crippen LogP contribution in [0.25, 0.3) is 65.5 Å². The summed E-state index contributed by atoms with van der Waals surface area (Å²) in [4.78, 5) is 2.51. The normalized spacial score (nSPS) is 12.0. The zero-order valence-electron chi connectivity index (χ0n) is 46.4. The SMILES string of the molecule is CC.CC.CCn1c2ccccc2c2ccc(C)cc21.CCn1c2ccccc2c2ccc(N(c3ccc(C)cc3C)c3cc4c(c5ccccc35)-c3ccc(C)cc3C4(C)C)cc21.Cc1ccc(C)c(C)c1. The van der Waals surface area contributed by atoms with Crippen LogP contribution in [0.15, 0.2) is 170 Å². The van der Waals surface area contributed by atoms with Gasteiger partial charge in [-0.05, 0) is 155 Å². The first-order chi connectivity index (χ1) is 35.3. The maximum Gasteiger partial charge on any atom is 0.0543 e. The average Bonchev–Trinajstić information content (AvgIpc) is 3.98. The van der Waals surface area contributed by atoms with Crippen LogP contribution in [-0.2, 0) is 18.5 Å². The molecule has 0 N–H and O–H groups in total. The topological polar surface area (TPSA) is 13.1 Å². The van der Waals surface area contributed by atoms with Crippen molar-refractivity contribution in [2.45, 2.75) is 122 Å². The van der Waals surface area contributed by atoms with E-state index in [1.807, 2.05) is 27.7 Å². The van der Waals surface area contributed by atoms with E-state index in [9.17, 15) is 0 Å². The highest BCUT2D eigenvalue weighted by atomic mass is 15.1. The number of nitrogens with zero attached hydrogens (tertiary/aromatic N) is 3. The molecule has 12 rings (SSSR count). The van der Waals surface area contributed by atoms with Crippen molar-refractivity contribution in [3.05, 3.63) is 220 Å². The van der Waals surface area contributed by atoms with Gasteiger partial charge in [0.25, 0.3) is 0 Å². The predicted molar refractivity (Wildman–Crippen MR) is 322 cm³/mol. The maximum absolute atomic E-state index is 2.51.